The van der Waals surface area contributed by atoms with Crippen LogP contribution in [0.25, 0.3) is 0 Å². The van der Waals surface area contributed by atoms with Crippen LogP contribution in [-0.2, 0) is 10.2 Å². The molecule has 2 atom stereocenters. The molecule has 3 heteroatoms. The van der Waals surface area contributed by atoms with Crippen molar-refractivity contribution in [3.8, 4) is 5.75 Å². The monoisotopic (exact) mass is 190 g/mol. The molecule has 0 aromatic heterocycles. The smallest absolute Gasteiger partial charge is 0.307 e. The van der Waals surface area contributed by atoms with Crippen LogP contribution < -0.4 is 4.74 Å². The third-order valence-electron chi connectivity index (χ3n) is 3.28. The number of hydrogen-bond donors (Lipinski definition) is 1. The highest BCUT2D eigenvalue weighted by Gasteiger charge is 2.63. The number of carbonyl (C=O) groups is 1. The van der Waals surface area contributed by atoms with Gasteiger partial charge in [0.2, 0.25) is 0 Å². The minimum absolute atomic E-state index is 0.206. The molecule has 1 heterocycles. The zero-order valence-corrected chi connectivity index (χ0v) is 7.56. The third-order valence-corrected chi connectivity index (χ3v) is 3.28. The fourth-order valence-corrected chi connectivity index (χ4v) is 2.37. The van der Waals surface area contributed by atoms with Crippen molar-refractivity contribution in [2.75, 3.05) is 6.61 Å². The topological polar surface area (TPSA) is 46.5 Å². The molecular formula is C11H10O3. The molecule has 1 aromatic rings. The summed E-state index contributed by atoms with van der Waals surface area (Å²) in [6.07, 6.45) is 0.722. The fraction of sp³-hybridized carbons (Fsp3) is 0.364. The van der Waals surface area contributed by atoms with Gasteiger partial charge >= 0.3 is 5.97 Å². The predicted molar refractivity (Wildman–Crippen MR) is 49.4 cm³/mol. The van der Waals surface area contributed by atoms with E-state index >= 15 is 0 Å². The van der Waals surface area contributed by atoms with E-state index in [0.29, 0.717) is 6.61 Å². The first-order valence-corrected chi connectivity index (χ1v) is 4.69. The molecule has 3 rings (SSSR count). The summed E-state index contributed by atoms with van der Waals surface area (Å²) in [6, 6.07) is 7.73. The van der Waals surface area contributed by atoms with Crippen LogP contribution in [-0.4, -0.2) is 17.7 Å². The van der Waals surface area contributed by atoms with Crippen LogP contribution in [0, 0.1) is 5.92 Å². The van der Waals surface area contributed by atoms with Gasteiger partial charge in [-0.05, 0) is 12.5 Å². The summed E-state index contributed by atoms with van der Waals surface area (Å²) in [7, 11) is 0. The van der Waals surface area contributed by atoms with Crippen LogP contribution in [0.4, 0.5) is 0 Å². The van der Waals surface area contributed by atoms with Crippen molar-refractivity contribution < 1.29 is 14.6 Å². The lowest BCUT2D eigenvalue weighted by Crippen LogP contribution is -2.16. The summed E-state index contributed by atoms with van der Waals surface area (Å²) in [5, 5.41) is 8.95. The number of rotatable bonds is 1. The van der Waals surface area contributed by atoms with Gasteiger partial charge in [0, 0.05) is 11.0 Å². The van der Waals surface area contributed by atoms with Gasteiger partial charge in [0.05, 0.1) is 12.5 Å². The number of para-hydroxylation sites is 1. The Labute approximate surface area is 81.3 Å². The zero-order valence-electron chi connectivity index (χ0n) is 7.56. The summed E-state index contributed by atoms with van der Waals surface area (Å²) in [4.78, 5) is 10.9. The van der Waals surface area contributed by atoms with Crippen molar-refractivity contribution in [3.63, 3.8) is 0 Å². The highest BCUT2D eigenvalue weighted by molar-refractivity contribution is 5.78. The highest BCUT2D eigenvalue weighted by Crippen LogP contribution is 2.59. The Kier molecular flexibility index (Phi) is 1.29. The quantitative estimate of drug-likeness (QED) is 0.728. The average Bonchev–Trinajstić information content (AvgIpc) is 2.80. The van der Waals surface area contributed by atoms with E-state index in [0.717, 1.165) is 17.7 Å². The Morgan fingerprint density at radius 1 is 1.50 bits per heavy atom. The van der Waals surface area contributed by atoms with E-state index in [1.165, 1.54) is 0 Å². The first-order valence-electron chi connectivity index (χ1n) is 4.69. The number of carboxylic acid groups (broad SMARTS) is 1. The summed E-state index contributed by atoms with van der Waals surface area (Å²) in [5.74, 6) is -0.0901. The lowest BCUT2D eigenvalue weighted by atomic mass is 9.96. The molecule has 1 aromatic carbocycles. The summed E-state index contributed by atoms with van der Waals surface area (Å²) >= 11 is 0. The van der Waals surface area contributed by atoms with Crippen molar-refractivity contribution in [3.05, 3.63) is 29.8 Å². The van der Waals surface area contributed by atoms with Gasteiger partial charge in [0.25, 0.3) is 0 Å². The number of aliphatic carboxylic acids is 1. The Morgan fingerprint density at radius 2 is 2.29 bits per heavy atom. The Bertz CT molecular complexity index is 413. The third kappa shape index (κ3) is 0.794. The maximum absolute atomic E-state index is 10.9. The maximum atomic E-state index is 10.9. The molecule has 2 aliphatic rings. The van der Waals surface area contributed by atoms with Gasteiger partial charge in [-0.25, -0.2) is 0 Å². The lowest BCUT2D eigenvalue weighted by molar-refractivity contribution is -0.139. The molecular weight excluding hydrogens is 180 g/mol. The molecule has 0 saturated heterocycles. The largest absolute Gasteiger partial charge is 0.492 e. The van der Waals surface area contributed by atoms with E-state index in [9.17, 15) is 4.79 Å². The molecule has 3 nitrogen and oxygen atoms in total. The normalized spacial score (nSPS) is 32.4. The number of benzene rings is 1. The lowest BCUT2D eigenvalue weighted by Gasteiger charge is -2.04. The first kappa shape index (κ1) is 7.85. The van der Waals surface area contributed by atoms with E-state index in [2.05, 4.69) is 0 Å². The van der Waals surface area contributed by atoms with Gasteiger partial charge < -0.3 is 9.84 Å². The van der Waals surface area contributed by atoms with E-state index in [1.54, 1.807) is 0 Å². The zero-order chi connectivity index (χ0) is 9.76. The summed E-state index contributed by atoms with van der Waals surface area (Å²) in [6.45, 7) is 0.531. The molecule has 0 bridgehead atoms. The van der Waals surface area contributed by atoms with E-state index in [1.807, 2.05) is 24.3 Å². The molecule has 1 aliphatic heterocycles. The molecule has 2 unspecified atom stereocenters. The van der Waals surface area contributed by atoms with E-state index < -0.39 is 5.97 Å². The van der Waals surface area contributed by atoms with Crippen molar-refractivity contribution in [2.24, 2.45) is 5.92 Å². The van der Waals surface area contributed by atoms with Crippen molar-refractivity contribution in [1.29, 1.82) is 0 Å². The van der Waals surface area contributed by atoms with Crippen LogP contribution in [0.3, 0.4) is 0 Å². The van der Waals surface area contributed by atoms with Gasteiger partial charge in [-0.3, -0.25) is 4.79 Å². The second kappa shape index (κ2) is 2.29. The number of fused-ring (bicyclic) bond motifs is 2. The second-order valence-electron chi connectivity index (χ2n) is 4.04. The summed E-state index contributed by atoms with van der Waals surface area (Å²) < 4.78 is 5.49. The standard InChI is InChI=1S/C11H10O3/c12-10(13)8-5-11(8)6-14-9-4-2-1-3-7(9)11/h1-4,8H,5-6H2,(H,12,13). The minimum atomic E-state index is -0.703. The Balaban J connectivity index is 2.04. The fourth-order valence-electron chi connectivity index (χ4n) is 2.37. The molecule has 1 saturated carbocycles. The Morgan fingerprint density at radius 3 is 3.00 bits per heavy atom. The van der Waals surface area contributed by atoms with Crippen LogP contribution in [0.15, 0.2) is 24.3 Å². The highest BCUT2D eigenvalue weighted by atomic mass is 16.5. The number of hydrogen-bond acceptors (Lipinski definition) is 2. The van der Waals surface area contributed by atoms with Crippen molar-refractivity contribution in [1.82, 2.24) is 0 Å². The second-order valence-corrected chi connectivity index (χ2v) is 4.04. The van der Waals surface area contributed by atoms with Gasteiger partial charge in [0.15, 0.2) is 0 Å². The molecule has 0 radical (unpaired) electrons. The van der Waals surface area contributed by atoms with Gasteiger partial charge in [0.1, 0.15) is 5.75 Å². The molecule has 14 heavy (non-hydrogen) atoms. The van der Waals surface area contributed by atoms with Gasteiger partial charge in [-0.1, -0.05) is 18.2 Å². The van der Waals surface area contributed by atoms with E-state index in [4.69, 9.17) is 9.84 Å². The first-order chi connectivity index (χ1) is 6.74. The Hall–Kier alpha value is -1.51. The SMILES string of the molecule is O=C(O)C1CC12COc1ccccc12. The molecule has 1 fully saturated rings. The van der Waals surface area contributed by atoms with E-state index in [-0.39, 0.29) is 11.3 Å². The van der Waals surface area contributed by atoms with Crippen molar-refractivity contribution >= 4 is 5.97 Å². The molecule has 0 amide bonds. The van der Waals surface area contributed by atoms with Gasteiger partial charge in [-0.2, -0.15) is 0 Å². The van der Waals surface area contributed by atoms with Crippen LogP contribution in [0.5, 0.6) is 5.75 Å². The number of carboxylic acids is 1. The van der Waals surface area contributed by atoms with Gasteiger partial charge in [-0.15, -0.1) is 0 Å². The maximum Gasteiger partial charge on any atom is 0.307 e. The van der Waals surface area contributed by atoms with Crippen LogP contribution in [0.2, 0.25) is 0 Å². The molecule has 1 spiro atoms. The minimum Gasteiger partial charge on any atom is -0.492 e. The average molecular weight is 190 g/mol. The molecule has 72 valence electrons. The predicted octanol–water partition coefficient (Wildman–Crippen LogP) is 1.42. The molecule has 1 aliphatic carbocycles. The summed E-state index contributed by atoms with van der Waals surface area (Å²) in [5.41, 5.74) is 0.870. The molecule has 1 N–H and O–H groups in total. The number of ether oxygens (including phenoxy) is 1. The van der Waals surface area contributed by atoms with Crippen molar-refractivity contribution in [2.45, 2.75) is 11.8 Å². The van der Waals surface area contributed by atoms with Crippen LogP contribution >= 0.6 is 0 Å². The van der Waals surface area contributed by atoms with Crippen LogP contribution in [0.1, 0.15) is 12.0 Å².